The molecule has 0 bridgehead atoms. The molecule has 7 heteroatoms. The molecule has 2 heterocycles. The summed E-state index contributed by atoms with van der Waals surface area (Å²) < 4.78 is 0. The Hall–Kier alpha value is -1.92. The highest BCUT2D eigenvalue weighted by molar-refractivity contribution is 6.03. The maximum absolute atomic E-state index is 12.5. The average molecular weight is 478 g/mol. The van der Waals surface area contributed by atoms with Crippen molar-refractivity contribution < 1.29 is 19.2 Å². The highest BCUT2D eigenvalue weighted by Crippen LogP contribution is 2.35. The van der Waals surface area contributed by atoms with Gasteiger partial charge in [-0.3, -0.25) is 24.1 Å². The fourth-order valence-corrected chi connectivity index (χ4v) is 4.61. The third kappa shape index (κ3) is 8.38. The summed E-state index contributed by atoms with van der Waals surface area (Å²) >= 11 is 0. The van der Waals surface area contributed by atoms with Crippen LogP contribution in [0.1, 0.15) is 99.3 Å². The van der Waals surface area contributed by atoms with Crippen LogP contribution >= 0.6 is 0 Å². The van der Waals surface area contributed by atoms with Gasteiger partial charge in [0.25, 0.3) is 0 Å². The summed E-state index contributed by atoms with van der Waals surface area (Å²) in [5.41, 5.74) is 0.0794. The van der Waals surface area contributed by atoms with E-state index >= 15 is 0 Å². The summed E-state index contributed by atoms with van der Waals surface area (Å²) in [5, 5.41) is 2.95. The number of nitrogens with one attached hydrogen (secondary N) is 1. The zero-order valence-corrected chi connectivity index (χ0v) is 22.4. The van der Waals surface area contributed by atoms with E-state index in [1.54, 1.807) is 0 Å². The van der Waals surface area contributed by atoms with Crippen LogP contribution < -0.4 is 5.32 Å². The molecule has 1 unspecified atom stereocenters. The zero-order valence-electron chi connectivity index (χ0n) is 22.4. The number of unbranched alkanes of at least 4 members (excludes halogenated alkanes) is 4. The number of hydrogen-bond donors (Lipinski definition) is 1. The monoisotopic (exact) mass is 477 g/mol. The largest absolute Gasteiger partial charge is 0.356 e. The molecular formula is C27H47N3O4. The lowest BCUT2D eigenvalue weighted by Gasteiger charge is -2.46. The van der Waals surface area contributed by atoms with Gasteiger partial charge >= 0.3 is 0 Å². The minimum atomic E-state index is -0.222. The Morgan fingerprint density at radius 2 is 1.47 bits per heavy atom. The van der Waals surface area contributed by atoms with Gasteiger partial charge in [0, 0.05) is 45.4 Å². The van der Waals surface area contributed by atoms with Gasteiger partial charge < -0.3 is 10.2 Å². The molecule has 194 valence electrons. The van der Waals surface area contributed by atoms with Gasteiger partial charge in [0.05, 0.1) is 5.92 Å². The molecule has 4 amide bonds. The summed E-state index contributed by atoms with van der Waals surface area (Å²) in [6.45, 7) is 15.6. The molecule has 2 fully saturated rings. The standard InChI is InChI=1S/C27H47N3O4/c1-26(2,3)20-18-29(19-20)23(32)14-10-7-11-15-28-22(31)13-9-8-12-16-30-24(33)17-21(25(30)34)27(4,5)6/h20-21H,7-19H2,1-6H3,(H,28,31). The summed E-state index contributed by atoms with van der Waals surface area (Å²) in [4.78, 5) is 52.3. The number of imide groups is 1. The second kappa shape index (κ2) is 12.2. The Morgan fingerprint density at radius 1 is 0.853 bits per heavy atom. The number of amides is 4. The first-order valence-corrected chi connectivity index (χ1v) is 13.2. The van der Waals surface area contributed by atoms with Crippen molar-refractivity contribution in [2.45, 2.75) is 99.3 Å². The van der Waals surface area contributed by atoms with Gasteiger partial charge in [-0.2, -0.15) is 0 Å². The van der Waals surface area contributed by atoms with Gasteiger partial charge in [0.1, 0.15) is 0 Å². The van der Waals surface area contributed by atoms with E-state index in [0.29, 0.717) is 38.3 Å². The summed E-state index contributed by atoms with van der Waals surface area (Å²) in [7, 11) is 0. The predicted octanol–water partition coefficient (Wildman–Crippen LogP) is 4.15. The van der Waals surface area contributed by atoms with Crippen LogP contribution in [0.15, 0.2) is 0 Å². The Morgan fingerprint density at radius 3 is 2.06 bits per heavy atom. The van der Waals surface area contributed by atoms with Crippen LogP contribution in [-0.2, 0) is 19.2 Å². The van der Waals surface area contributed by atoms with Crippen molar-refractivity contribution in [1.82, 2.24) is 15.1 Å². The van der Waals surface area contributed by atoms with Crippen LogP contribution in [0.2, 0.25) is 0 Å². The molecule has 2 saturated heterocycles. The summed E-state index contributed by atoms with van der Waals surface area (Å²) in [5.74, 6) is 0.583. The molecule has 2 rings (SSSR count). The molecular weight excluding hydrogens is 430 g/mol. The second-order valence-corrected chi connectivity index (χ2v) is 12.3. The lowest BCUT2D eigenvalue weighted by molar-refractivity contribution is -0.141. The fourth-order valence-electron chi connectivity index (χ4n) is 4.61. The zero-order chi connectivity index (χ0) is 25.5. The highest BCUT2D eigenvalue weighted by atomic mass is 16.2. The number of likely N-dealkylation sites (tertiary alicyclic amines) is 2. The minimum Gasteiger partial charge on any atom is -0.356 e. The Kier molecular flexibility index (Phi) is 10.1. The first kappa shape index (κ1) is 28.3. The smallest absolute Gasteiger partial charge is 0.233 e. The molecule has 0 spiro atoms. The molecule has 0 aromatic heterocycles. The molecule has 7 nitrogen and oxygen atoms in total. The summed E-state index contributed by atoms with van der Waals surface area (Å²) in [6.07, 6.45) is 6.39. The van der Waals surface area contributed by atoms with Crippen molar-refractivity contribution in [3.8, 4) is 0 Å². The maximum atomic E-state index is 12.5. The third-order valence-corrected chi connectivity index (χ3v) is 7.42. The van der Waals surface area contributed by atoms with Crippen LogP contribution in [0.3, 0.4) is 0 Å². The van der Waals surface area contributed by atoms with E-state index in [1.165, 1.54) is 4.90 Å². The SMILES string of the molecule is CC(C)(C)C1CN(C(=O)CCCCCNC(=O)CCCCCN2C(=O)CC(C(C)(C)C)C2=O)C1. The van der Waals surface area contributed by atoms with Crippen molar-refractivity contribution in [1.29, 1.82) is 0 Å². The first-order chi connectivity index (χ1) is 15.8. The molecule has 0 saturated carbocycles. The summed E-state index contributed by atoms with van der Waals surface area (Å²) in [6, 6.07) is 0. The first-order valence-electron chi connectivity index (χ1n) is 13.2. The third-order valence-electron chi connectivity index (χ3n) is 7.42. The van der Waals surface area contributed by atoms with E-state index in [9.17, 15) is 19.2 Å². The van der Waals surface area contributed by atoms with Crippen LogP contribution in [0.5, 0.6) is 0 Å². The second-order valence-electron chi connectivity index (χ2n) is 12.3. The lowest BCUT2D eigenvalue weighted by Crippen LogP contribution is -2.54. The highest BCUT2D eigenvalue weighted by Gasteiger charge is 2.44. The molecule has 2 aliphatic rings. The van der Waals surface area contributed by atoms with Gasteiger partial charge in [-0.15, -0.1) is 0 Å². The topological polar surface area (TPSA) is 86.8 Å². The minimum absolute atomic E-state index is 0.0454. The van der Waals surface area contributed by atoms with Gasteiger partial charge in [0.2, 0.25) is 23.6 Å². The van der Waals surface area contributed by atoms with Crippen LogP contribution in [-0.4, -0.2) is 59.6 Å². The molecule has 0 aromatic rings. The number of hydrogen-bond acceptors (Lipinski definition) is 4. The normalized spacial score (nSPS) is 19.5. The van der Waals surface area contributed by atoms with Crippen LogP contribution in [0.4, 0.5) is 0 Å². The fraction of sp³-hybridized carbons (Fsp3) is 0.852. The lowest BCUT2D eigenvalue weighted by atomic mass is 9.76. The van der Waals surface area contributed by atoms with E-state index in [0.717, 1.165) is 51.6 Å². The molecule has 1 atom stereocenters. The number of carbonyl (C=O) groups excluding carboxylic acids is 4. The quantitative estimate of drug-likeness (QED) is 0.338. The predicted molar refractivity (Wildman–Crippen MR) is 134 cm³/mol. The number of carbonyl (C=O) groups is 4. The molecule has 34 heavy (non-hydrogen) atoms. The Labute approximate surface area is 206 Å². The van der Waals surface area contributed by atoms with E-state index in [-0.39, 0.29) is 40.4 Å². The van der Waals surface area contributed by atoms with Gasteiger partial charge in [-0.25, -0.2) is 0 Å². The molecule has 0 radical (unpaired) electrons. The van der Waals surface area contributed by atoms with E-state index in [2.05, 4.69) is 26.1 Å². The average Bonchev–Trinajstić information content (AvgIpc) is 2.96. The van der Waals surface area contributed by atoms with Crippen molar-refractivity contribution in [3.05, 3.63) is 0 Å². The molecule has 2 aliphatic heterocycles. The molecule has 1 N–H and O–H groups in total. The van der Waals surface area contributed by atoms with E-state index < -0.39 is 0 Å². The van der Waals surface area contributed by atoms with Crippen LogP contribution in [0.25, 0.3) is 0 Å². The van der Waals surface area contributed by atoms with Gasteiger partial charge in [0.15, 0.2) is 0 Å². The molecule has 0 aliphatic carbocycles. The maximum Gasteiger partial charge on any atom is 0.233 e. The van der Waals surface area contributed by atoms with Crippen molar-refractivity contribution in [2.24, 2.45) is 22.7 Å². The van der Waals surface area contributed by atoms with E-state index in [4.69, 9.17) is 0 Å². The number of nitrogens with zero attached hydrogens (tertiary/aromatic N) is 2. The van der Waals surface area contributed by atoms with Gasteiger partial charge in [-0.05, 0) is 42.4 Å². The van der Waals surface area contributed by atoms with Crippen LogP contribution in [0, 0.1) is 22.7 Å². The number of rotatable bonds is 12. The Balaban J connectivity index is 1.45. The van der Waals surface area contributed by atoms with Gasteiger partial charge in [-0.1, -0.05) is 54.4 Å². The van der Waals surface area contributed by atoms with Crippen molar-refractivity contribution in [3.63, 3.8) is 0 Å². The van der Waals surface area contributed by atoms with Crippen molar-refractivity contribution >= 4 is 23.6 Å². The van der Waals surface area contributed by atoms with E-state index in [1.807, 2.05) is 25.7 Å². The molecule has 0 aromatic carbocycles. The Bertz CT molecular complexity index is 729. The van der Waals surface area contributed by atoms with Crippen molar-refractivity contribution in [2.75, 3.05) is 26.2 Å².